The van der Waals surface area contributed by atoms with E-state index >= 15 is 0 Å². The first kappa shape index (κ1) is 24.9. The standard InChI is InChI=1S/C27H29ClN2O2S/c1-2-29-27(32)25(19-21-9-5-3-6-10-21)30(20-22-11-7-4-8-12-22)26(31)17-18-33-24-15-13-23(28)14-16-24/h3-16,25H,2,17-20H2,1H3,(H,29,32)/t25-/m1/s1. The van der Waals surface area contributed by atoms with Crippen LogP contribution in [0.4, 0.5) is 0 Å². The highest BCUT2D eigenvalue weighted by atomic mass is 35.5. The smallest absolute Gasteiger partial charge is 0.243 e. The highest BCUT2D eigenvalue weighted by Crippen LogP contribution is 2.22. The molecule has 0 aliphatic carbocycles. The molecule has 6 heteroatoms. The number of hydrogen-bond acceptors (Lipinski definition) is 3. The van der Waals surface area contributed by atoms with E-state index in [9.17, 15) is 9.59 Å². The van der Waals surface area contributed by atoms with Crippen LogP contribution in [0.25, 0.3) is 0 Å². The molecule has 4 nitrogen and oxygen atoms in total. The normalized spacial score (nSPS) is 11.6. The Balaban J connectivity index is 1.79. The second kappa shape index (κ2) is 13.1. The number of nitrogens with zero attached hydrogens (tertiary/aromatic N) is 1. The quantitative estimate of drug-likeness (QED) is 0.363. The van der Waals surface area contributed by atoms with Crippen molar-refractivity contribution >= 4 is 35.2 Å². The van der Waals surface area contributed by atoms with Gasteiger partial charge in [-0.05, 0) is 42.3 Å². The molecular formula is C27H29ClN2O2S. The number of nitrogens with one attached hydrogen (secondary N) is 1. The molecule has 3 aromatic rings. The predicted molar refractivity (Wildman–Crippen MR) is 136 cm³/mol. The van der Waals surface area contributed by atoms with Gasteiger partial charge in [-0.3, -0.25) is 9.59 Å². The molecular weight excluding hydrogens is 452 g/mol. The van der Waals surface area contributed by atoms with E-state index in [-0.39, 0.29) is 11.8 Å². The van der Waals surface area contributed by atoms with Crippen LogP contribution in [0, 0.1) is 0 Å². The van der Waals surface area contributed by atoms with E-state index in [4.69, 9.17) is 11.6 Å². The number of rotatable bonds is 11. The Hall–Kier alpha value is -2.76. The molecule has 33 heavy (non-hydrogen) atoms. The maximum Gasteiger partial charge on any atom is 0.243 e. The van der Waals surface area contributed by atoms with E-state index in [1.165, 1.54) is 0 Å². The summed E-state index contributed by atoms with van der Waals surface area (Å²) < 4.78 is 0. The van der Waals surface area contributed by atoms with Gasteiger partial charge in [-0.15, -0.1) is 11.8 Å². The summed E-state index contributed by atoms with van der Waals surface area (Å²) in [6.07, 6.45) is 0.806. The molecule has 0 bridgehead atoms. The molecule has 3 aromatic carbocycles. The summed E-state index contributed by atoms with van der Waals surface area (Å²) in [6.45, 7) is 2.80. The van der Waals surface area contributed by atoms with Crippen LogP contribution in [0.3, 0.4) is 0 Å². The maximum atomic E-state index is 13.4. The molecule has 0 aliphatic heterocycles. The average Bonchev–Trinajstić information content (AvgIpc) is 2.84. The lowest BCUT2D eigenvalue weighted by molar-refractivity contribution is -0.140. The first-order valence-corrected chi connectivity index (χ1v) is 12.5. The van der Waals surface area contributed by atoms with E-state index < -0.39 is 6.04 Å². The number of thioether (sulfide) groups is 1. The predicted octanol–water partition coefficient (Wildman–Crippen LogP) is 5.60. The Bertz CT molecular complexity index is 1010. The van der Waals surface area contributed by atoms with Crippen molar-refractivity contribution in [3.05, 3.63) is 101 Å². The van der Waals surface area contributed by atoms with Gasteiger partial charge in [-0.2, -0.15) is 0 Å². The zero-order valence-corrected chi connectivity index (χ0v) is 20.3. The van der Waals surface area contributed by atoms with E-state index in [1.54, 1.807) is 16.7 Å². The van der Waals surface area contributed by atoms with Gasteiger partial charge >= 0.3 is 0 Å². The Morgan fingerprint density at radius 2 is 1.52 bits per heavy atom. The second-order valence-electron chi connectivity index (χ2n) is 7.66. The molecule has 0 fully saturated rings. The monoisotopic (exact) mass is 480 g/mol. The molecule has 1 atom stereocenters. The largest absolute Gasteiger partial charge is 0.355 e. The molecule has 0 aliphatic rings. The number of benzene rings is 3. The fourth-order valence-electron chi connectivity index (χ4n) is 3.56. The van der Waals surface area contributed by atoms with Crippen LogP contribution in [0.5, 0.6) is 0 Å². The summed E-state index contributed by atoms with van der Waals surface area (Å²) in [6, 6.07) is 26.7. The lowest BCUT2D eigenvalue weighted by Crippen LogP contribution is -2.50. The topological polar surface area (TPSA) is 49.4 Å². The zero-order chi connectivity index (χ0) is 23.5. The van der Waals surface area contributed by atoms with Crippen LogP contribution in [0.1, 0.15) is 24.5 Å². The summed E-state index contributed by atoms with van der Waals surface area (Å²) in [5, 5.41) is 3.61. The van der Waals surface area contributed by atoms with Crippen molar-refractivity contribution in [1.82, 2.24) is 10.2 Å². The summed E-state index contributed by atoms with van der Waals surface area (Å²) in [4.78, 5) is 29.3. The minimum Gasteiger partial charge on any atom is -0.355 e. The molecule has 3 rings (SSSR count). The molecule has 0 heterocycles. The van der Waals surface area contributed by atoms with Gasteiger partial charge in [0.05, 0.1) is 0 Å². The number of carbonyl (C=O) groups excluding carboxylic acids is 2. The highest BCUT2D eigenvalue weighted by Gasteiger charge is 2.29. The summed E-state index contributed by atoms with van der Waals surface area (Å²) in [7, 11) is 0. The SMILES string of the molecule is CCNC(=O)[C@@H](Cc1ccccc1)N(Cc1ccccc1)C(=O)CCSc1ccc(Cl)cc1. The van der Waals surface area contributed by atoms with Gasteiger partial charge in [0.15, 0.2) is 0 Å². The summed E-state index contributed by atoms with van der Waals surface area (Å²) in [5.74, 6) is 0.461. The van der Waals surface area contributed by atoms with Gasteiger partial charge in [0.2, 0.25) is 11.8 Å². The van der Waals surface area contributed by atoms with Crippen molar-refractivity contribution in [2.45, 2.75) is 37.2 Å². The Kier molecular flexibility index (Phi) is 9.85. The van der Waals surface area contributed by atoms with Gasteiger partial charge in [0, 0.05) is 41.6 Å². The van der Waals surface area contributed by atoms with Crippen LogP contribution < -0.4 is 5.32 Å². The molecule has 0 saturated heterocycles. The van der Waals surface area contributed by atoms with Crippen LogP contribution in [0.15, 0.2) is 89.8 Å². The van der Waals surface area contributed by atoms with Crippen molar-refractivity contribution in [2.75, 3.05) is 12.3 Å². The van der Waals surface area contributed by atoms with Crippen LogP contribution in [-0.4, -0.2) is 35.1 Å². The number of halogens is 1. The number of likely N-dealkylation sites (N-methyl/N-ethyl adjacent to an activating group) is 1. The Morgan fingerprint density at radius 1 is 0.909 bits per heavy atom. The molecule has 1 N–H and O–H groups in total. The first-order chi connectivity index (χ1) is 16.1. The summed E-state index contributed by atoms with van der Waals surface area (Å²) >= 11 is 7.57. The molecule has 0 radical (unpaired) electrons. The molecule has 0 aromatic heterocycles. The maximum absolute atomic E-state index is 13.4. The lowest BCUT2D eigenvalue weighted by atomic mass is 10.0. The molecule has 0 saturated carbocycles. The van der Waals surface area contributed by atoms with E-state index in [0.717, 1.165) is 16.0 Å². The minimum absolute atomic E-state index is 0.0347. The van der Waals surface area contributed by atoms with Gasteiger partial charge in [-0.1, -0.05) is 72.3 Å². The van der Waals surface area contributed by atoms with Crippen molar-refractivity contribution in [1.29, 1.82) is 0 Å². The van der Waals surface area contributed by atoms with E-state index in [0.29, 0.717) is 36.7 Å². The van der Waals surface area contributed by atoms with Gasteiger partial charge in [0.25, 0.3) is 0 Å². The van der Waals surface area contributed by atoms with E-state index in [1.807, 2.05) is 91.9 Å². The fraction of sp³-hybridized carbons (Fsp3) is 0.259. The van der Waals surface area contributed by atoms with Crippen molar-refractivity contribution in [3.8, 4) is 0 Å². The molecule has 172 valence electrons. The number of amides is 2. The summed E-state index contributed by atoms with van der Waals surface area (Å²) in [5.41, 5.74) is 2.02. The van der Waals surface area contributed by atoms with Crippen molar-refractivity contribution in [2.24, 2.45) is 0 Å². The minimum atomic E-state index is -0.583. The van der Waals surface area contributed by atoms with E-state index in [2.05, 4.69) is 5.32 Å². The number of carbonyl (C=O) groups is 2. The fourth-order valence-corrected chi connectivity index (χ4v) is 4.52. The van der Waals surface area contributed by atoms with Crippen LogP contribution in [-0.2, 0) is 22.6 Å². The van der Waals surface area contributed by atoms with Gasteiger partial charge in [0.1, 0.15) is 6.04 Å². The van der Waals surface area contributed by atoms with Crippen LogP contribution >= 0.6 is 23.4 Å². The van der Waals surface area contributed by atoms with Crippen molar-refractivity contribution in [3.63, 3.8) is 0 Å². The van der Waals surface area contributed by atoms with Gasteiger partial charge in [-0.25, -0.2) is 0 Å². The number of hydrogen-bond donors (Lipinski definition) is 1. The lowest BCUT2D eigenvalue weighted by Gasteiger charge is -2.31. The third-order valence-electron chi connectivity index (χ3n) is 5.22. The molecule has 2 amide bonds. The molecule has 0 unspecified atom stereocenters. The first-order valence-electron chi connectivity index (χ1n) is 11.1. The highest BCUT2D eigenvalue weighted by molar-refractivity contribution is 7.99. The van der Waals surface area contributed by atoms with Crippen molar-refractivity contribution < 1.29 is 9.59 Å². The van der Waals surface area contributed by atoms with Crippen LogP contribution in [0.2, 0.25) is 5.02 Å². The average molecular weight is 481 g/mol. The Morgan fingerprint density at radius 3 is 2.12 bits per heavy atom. The third kappa shape index (κ3) is 7.95. The Labute approximate surface area is 205 Å². The molecule has 0 spiro atoms. The zero-order valence-electron chi connectivity index (χ0n) is 18.7. The second-order valence-corrected chi connectivity index (χ2v) is 9.26. The third-order valence-corrected chi connectivity index (χ3v) is 6.48. The van der Waals surface area contributed by atoms with Gasteiger partial charge < -0.3 is 10.2 Å².